The van der Waals surface area contributed by atoms with E-state index in [0.717, 1.165) is 36.8 Å². The van der Waals surface area contributed by atoms with Gasteiger partial charge in [-0.3, -0.25) is 4.40 Å². The fourth-order valence-electron chi connectivity index (χ4n) is 3.44. The summed E-state index contributed by atoms with van der Waals surface area (Å²) in [6.07, 6.45) is 3.61. The van der Waals surface area contributed by atoms with Crippen molar-refractivity contribution < 1.29 is 8.81 Å². The van der Waals surface area contributed by atoms with Crippen molar-refractivity contribution in [3.8, 4) is 11.3 Å². The molecule has 1 aliphatic heterocycles. The zero-order chi connectivity index (χ0) is 18.5. The molecule has 4 aromatic rings. The molecular weight excluding hydrogens is 367 g/mol. The normalized spacial score (nSPS) is 15.9. The van der Waals surface area contributed by atoms with Gasteiger partial charge in [-0.15, -0.1) is 11.3 Å². The molecule has 0 aliphatic carbocycles. The van der Waals surface area contributed by atoms with Gasteiger partial charge in [0.25, 0.3) is 0 Å². The van der Waals surface area contributed by atoms with Crippen LogP contribution in [-0.2, 0) is 0 Å². The number of likely N-dealkylation sites (N-methyl/N-ethyl adjacent to an activating group) is 1. The van der Waals surface area contributed by atoms with Gasteiger partial charge in [0.05, 0.1) is 16.6 Å². The van der Waals surface area contributed by atoms with Crippen molar-refractivity contribution in [2.75, 3.05) is 38.1 Å². The van der Waals surface area contributed by atoms with E-state index in [1.54, 1.807) is 12.3 Å². The van der Waals surface area contributed by atoms with E-state index in [1.807, 2.05) is 16.0 Å². The Morgan fingerprint density at radius 3 is 2.78 bits per heavy atom. The van der Waals surface area contributed by atoms with Gasteiger partial charge in [-0.2, -0.15) is 0 Å². The summed E-state index contributed by atoms with van der Waals surface area (Å²) in [7, 11) is 2.07. The monoisotopic (exact) mass is 384 g/mol. The molecule has 0 amide bonds. The lowest BCUT2D eigenvalue weighted by atomic mass is 10.1. The maximum absolute atomic E-state index is 14.8. The zero-order valence-electron chi connectivity index (χ0n) is 14.7. The van der Waals surface area contributed by atoms with Crippen LogP contribution in [0.15, 0.2) is 45.2 Å². The number of imidazole rings is 1. The van der Waals surface area contributed by atoms with Crippen LogP contribution in [-0.4, -0.2) is 47.5 Å². The Morgan fingerprint density at radius 1 is 1.19 bits per heavy atom. The van der Waals surface area contributed by atoms with E-state index < -0.39 is 11.4 Å². The first-order valence-corrected chi connectivity index (χ1v) is 9.60. The number of aromatic nitrogens is 2. The van der Waals surface area contributed by atoms with E-state index in [9.17, 15) is 9.18 Å². The van der Waals surface area contributed by atoms with Crippen molar-refractivity contribution >= 4 is 33.0 Å². The van der Waals surface area contributed by atoms with Gasteiger partial charge in [0.2, 0.25) is 0 Å². The van der Waals surface area contributed by atoms with Crippen molar-refractivity contribution in [2.45, 2.75) is 0 Å². The molecule has 0 atom stereocenters. The van der Waals surface area contributed by atoms with Crippen LogP contribution in [0.25, 0.3) is 27.2 Å². The Bertz CT molecular complexity index is 1180. The van der Waals surface area contributed by atoms with Crippen molar-refractivity contribution in [3.63, 3.8) is 0 Å². The Hall–Kier alpha value is -2.71. The molecule has 0 spiro atoms. The lowest BCUT2D eigenvalue weighted by molar-refractivity contribution is 0.313. The van der Waals surface area contributed by atoms with Crippen LogP contribution in [0.5, 0.6) is 0 Å². The summed E-state index contributed by atoms with van der Waals surface area (Å²) in [6.45, 7) is 3.46. The average Bonchev–Trinajstić information content (AvgIpc) is 3.23. The third-order valence-electron chi connectivity index (χ3n) is 5.03. The van der Waals surface area contributed by atoms with E-state index >= 15 is 0 Å². The first kappa shape index (κ1) is 16.5. The van der Waals surface area contributed by atoms with Crippen LogP contribution in [0, 0.1) is 5.82 Å². The molecule has 138 valence electrons. The molecule has 0 radical (unpaired) electrons. The molecule has 0 bridgehead atoms. The molecule has 3 aromatic heterocycles. The largest absolute Gasteiger partial charge is 0.422 e. The molecule has 1 fully saturated rings. The van der Waals surface area contributed by atoms with E-state index in [-0.39, 0.29) is 11.1 Å². The fourth-order valence-corrected chi connectivity index (χ4v) is 4.14. The minimum atomic E-state index is -0.511. The second-order valence-corrected chi connectivity index (χ2v) is 7.67. The predicted molar refractivity (Wildman–Crippen MR) is 104 cm³/mol. The molecule has 0 saturated carbocycles. The molecule has 8 heteroatoms. The highest BCUT2D eigenvalue weighted by Crippen LogP contribution is 2.28. The number of benzene rings is 1. The number of thiazole rings is 1. The Labute approximate surface area is 158 Å². The molecule has 27 heavy (non-hydrogen) atoms. The number of rotatable bonds is 2. The quantitative estimate of drug-likeness (QED) is 0.497. The minimum absolute atomic E-state index is 0.263. The fraction of sp³-hybridized carbons (Fsp3) is 0.263. The minimum Gasteiger partial charge on any atom is -0.422 e. The van der Waals surface area contributed by atoms with Crippen LogP contribution in [0.2, 0.25) is 0 Å². The Balaban J connectivity index is 1.59. The van der Waals surface area contributed by atoms with Gasteiger partial charge in [-0.25, -0.2) is 14.2 Å². The maximum atomic E-state index is 14.8. The first-order valence-electron chi connectivity index (χ1n) is 8.72. The molecule has 0 N–H and O–H groups in total. The predicted octanol–water partition coefficient (Wildman–Crippen LogP) is 3.06. The highest BCUT2D eigenvalue weighted by atomic mass is 32.1. The Morgan fingerprint density at radius 2 is 2.00 bits per heavy atom. The summed E-state index contributed by atoms with van der Waals surface area (Å²) < 4.78 is 22.1. The number of halogens is 1. The summed E-state index contributed by atoms with van der Waals surface area (Å²) in [5.41, 5.74) is 1.25. The SMILES string of the molecule is CN1CCN(c2cc(F)c3cc(-c4cn5ccsc5n4)c(=O)oc3c2)CC1. The van der Waals surface area contributed by atoms with Gasteiger partial charge in [0.1, 0.15) is 11.4 Å². The second-order valence-electron chi connectivity index (χ2n) is 6.80. The third kappa shape index (κ3) is 2.81. The molecule has 6 nitrogen and oxygen atoms in total. The van der Waals surface area contributed by atoms with Crippen molar-refractivity contribution in [3.05, 3.63) is 52.2 Å². The number of hydrogen-bond donors (Lipinski definition) is 0. The lowest BCUT2D eigenvalue weighted by Crippen LogP contribution is -2.44. The molecule has 4 heterocycles. The summed E-state index contributed by atoms with van der Waals surface area (Å²) >= 11 is 1.47. The van der Waals surface area contributed by atoms with Crippen molar-refractivity contribution in [2.24, 2.45) is 0 Å². The summed E-state index contributed by atoms with van der Waals surface area (Å²) in [5, 5.41) is 2.20. The van der Waals surface area contributed by atoms with Crippen molar-refractivity contribution in [1.82, 2.24) is 14.3 Å². The number of nitrogens with zero attached hydrogens (tertiary/aromatic N) is 4. The van der Waals surface area contributed by atoms with Gasteiger partial charge in [0.15, 0.2) is 4.96 Å². The van der Waals surface area contributed by atoms with E-state index in [4.69, 9.17) is 4.42 Å². The highest BCUT2D eigenvalue weighted by molar-refractivity contribution is 7.15. The summed E-state index contributed by atoms with van der Waals surface area (Å²) in [6, 6.07) is 4.81. The molecule has 1 aromatic carbocycles. The van der Waals surface area contributed by atoms with Crippen LogP contribution >= 0.6 is 11.3 Å². The Kier molecular flexibility index (Phi) is 3.76. The number of piperazine rings is 1. The zero-order valence-corrected chi connectivity index (χ0v) is 15.5. The average molecular weight is 384 g/mol. The van der Waals surface area contributed by atoms with E-state index in [1.165, 1.54) is 23.5 Å². The van der Waals surface area contributed by atoms with Crippen LogP contribution in [0.4, 0.5) is 10.1 Å². The van der Waals surface area contributed by atoms with Crippen LogP contribution in [0.1, 0.15) is 0 Å². The maximum Gasteiger partial charge on any atom is 0.345 e. The van der Waals surface area contributed by atoms with Crippen molar-refractivity contribution in [1.29, 1.82) is 0 Å². The summed E-state index contributed by atoms with van der Waals surface area (Å²) in [4.78, 5) is 22.1. The molecule has 0 unspecified atom stereocenters. The summed E-state index contributed by atoms with van der Waals surface area (Å²) in [5.74, 6) is -0.396. The van der Waals surface area contributed by atoms with Crippen LogP contribution < -0.4 is 10.5 Å². The standard InChI is InChI=1S/C19H17FN4O2S/c1-22-2-4-23(5-3-22)12-8-15(20)13-10-14(18(25)26-17(13)9-12)16-11-24-6-7-27-19(24)21-16/h6-11H,2-5H2,1H3. The van der Waals surface area contributed by atoms with Gasteiger partial charge in [-0.1, -0.05) is 0 Å². The number of hydrogen-bond acceptors (Lipinski definition) is 6. The van der Waals surface area contributed by atoms with E-state index in [2.05, 4.69) is 21.8 Å². The molecular formula is C19H17FN4O2S. The van der Waals surface area contributed by atoms with Gasteiger partial charge in [-0.05, 0) is 19.2 Å². The lowest BCUT2D eigenvalue weighted by Gasteiger charge is -2.34. The van der Waals surface area contributed by atoms with Gasteiger partial charge >= 0.3 is 5.63 Å². The number of fused-ring (bicyclic) bond motifs is 2. The number of anilines is 1. The third-order valence-corrected chi connectivity index (χ3v) is 5.80. The first-order chi connectivity index (χ1) is 13.1. The topological polar surface area (TPSA) is 54.0 Å². The second kappa shape index (κ2) is 6.17. The smallest absolute Gasteiger partial charge is 0.345 e. The van der Waals surface area contributed by atoms with Gasteiger partial charge in [0, 0.05) is 55.7 Å². The molecule has 5 rings (SSSR count). The highest BCUT2D eigenvalue weighted by Gasteiger charge is 2.19. The van der Waals surface area contributed by atoms with Gasteiger partial charge < -0.3 is 14.2 Å². The molecule has 1 aliphatic rings. The molecule has 1 saturated heterocycles. The van der Waals surface area contributed by atoms with Crippen LogP contribution in [0.3, 0.4) is 0 Å². The van der Waals surface area contributed by atoms with E-state index in [0.29, 0.717) is 11.1 Å².